The van der Waals surface area contributed by atoms with Crippen LogP contribution >= 0.6 is 11.3 Å². The Balaban J connectivity index is 0.859. The van der Waals surface area contributed by atoms with Crippen LogP contribution in [-0.2, 0) is 40.7 Å². The Labute approximate surface area is 391 Å². The number of carbonyl (C=O) groups excluding carboxylic acids is 5. The van der Waals surface area contributed by atoms with Crippen LogP contribution in [0.5, 0.6) is 5.75 Å². The summed E-state index contributed by atoms with van der Waals surface area (Å²) in [6.45, 7) is 8.79. The van der Waals surface area contributed by atoms with Crippen molar-refractivity contribution in [1.29, 1.82) is 0 Å². The third-order valence-corrected chi connectivity index (χ3v) is 14.2. The molecule has 0 radical (unpaired) electrons. The fraction of sp³-hybridized carbons (Fsp3) is 0.413. The molecule has 0 bridgehead atoms. The number of thiazole rings is 1. The Bertz CT molecular complexity index is 2810. The zero-order valence-corrected chi connectivity index (χ0v) is 39.3. The van der Waals surface area contributed by atoms with Gasteiger partial charge in [0.25, 0.3) is 5.91 Å². The standard InChI is InChI=1S/C46H54FN9O9S2/c1-26(28-10-12-29(13-11-28)42-27(2)49-25-66-42)51-44(62)35-19-33(57)22-55(35)45(63)43(46(3,4)5)52-37(59)9-7-6-8-16-48-38(60)23-54-21-32(20-50-54)30-14-15-31-18-36(58)41(40(47)34(31)17-30)56-24-39(61)53-67(56,64)65/h10-15,17-18,20-21,25-26,33,35,43,57-58H,6-9,16,19,22-24H2,1-5H3,(H,48,60)(H,51,62)(H,52,59)(H,53,61)/t26-,33+,35-,43+/m0/s1. The molecule has 18 nitrogen and oxygen atoms in total. The van der Waals surface area contributed by atoms with Gasteiger partial charge in [0, 0.05) is 43.1 Å². The van der Waals surface area contributed by atoms with Gasteiger partial charge >= 0.3 is 10.2 Å². The predicted molar refractivity (Wildman–Crippen MR) is 249 cm³/mol. The molecule has 67 heavy (non-hydrogen) atoms. The molecule has 0 unspecified atom stereocenters. The number of nitrogens with one attached hydrogen (secondary N) is 4. The summed E-state index contributed by atoms with van der Waals surface area (Å²) in [7, 11) is -4.38. The second-order valence-corrected chi connectivity index (χ2v) is 20.4. The van der Waals surface area contributed by atoms with Gasteiger partial charge in [-0.3, -0.25) is 28.7 Å². The number of aromatic hydroxyl groups is 1. The highest BCUT2D eigenvalue weighted by Crippen LogP contribution is 2.40. The van der Waals surface area contributed by atoms with Crippen molar-refractivity contribution in [3.8, 4) is 27.3 Å². The third kappa shape index (κ3) is 11.1. The molecule has 7 rings (SSSR count). The van der Waals surface area contributed by atoms with Crippen LogP contribution in [0.4, 0.5) is 10.1 Å². The van der Waals surface area contributed by atoms with E-state index in [9.17, 15) is 42.6 Å². The van der Waals surface area contributed by atoms with Gasteiger partial charge in [-0.2, -0.15) is 13.5 Å². The first-order valence-electron chi connectivity index (χ1n) is 21.9. The normalized spacial score (nSPS) is 17.9. The lowest BCUT2D eigenvalue weighted by molar-refractivity contribution is -0.144. The maximum atomic E-state index is 15.8. The van der Waals surface area contributed by atoms with Crippen molar-refractivity contribution < 1.29 is 47.0 Å². The lowest BCUT2D eigenvalue weighted by atomic mass is 9.85. The summed E-state index contributed by atoms with van der Waals surface area (Å²) in [5, 5.41) is 34.4. The maximum absolute atomic E-state index is 15.8. The number of β-amino-alcohol motifs (C(OH)–C–C–N with tert-alkyl or cyclic N) is 1. The summed E-state index contributed by atoms with van der Waals surface area (Å²) in [6, 6.07) is 11.5. The second-order valence-electron chi connectivity index (χ2n) is 18.0. The Morgan fingerprint density at radius 1 is 1.00 bits per heavy atom. The number of carbonyl (C=O) groups is 5. The molecule has 2 aliphatic heterocycles. The van der Waals surface area contributed by atoms with Gasteiger partial charge in [0.1, 0.15) is 36.6 Å². The number of rotatable bonds is 16. The molecule has 5 aromatic rings. The van der Waals surface area contributed by atoms with E-state index in [-0.39, 0.29) is 54.6 Å². The van der Waals surface area contributed by atoms with E-state index >= 15 is 4.39 Å². The summed E-state index contributed by atoms with van der Waals surface area (Å²) in [6.07, 6.45) is 4.05. The number of amides is 5. The molecule has 2 saturated heterocycles. The SMILES string of the molecule is Cc1ncsc1-c1ccc([C@H](C)NC(=O)[C@@H]2C[C@@H](O)CN2C(=O)[C@@H](NC(=O)CCCCCNC(=O)Cn2cc(-c3ccc4cc(O)c(N5CC(=O)NS5(=O)=O)c(F)c4c3)cn2)C(C)(C)C)cc1. The van der Waals surface area contributed by atoms with Gasteiger partial charge in [0.05, 0.1) is 34.4 Å². The Morgan fingerprint density at radius 3 is 2.40 bits per heavy atom. The number of fused-ring (bicyclic) bond motifs is 1. The van der Waals surface area contributed by atoms with Crippen LogP contribution in [0.15, 0.2) is 66.4 Å². The molecule has 4 heterocycles. The zero-order valence-electron chi connectivity index (χ0n) is 37.7. The average molecular weight is 960 g/mol. The van der Waals surface area contributed by atoms with Gasteiger partial charge in [-0.1, -0.05) is 63.6 Å². The number of aryl methyl sites for hydroxylation is 1. The summed E-state index contributed by atoms with van der Waals surface area (Å²) < 4.78 is 44.1. The first kappa shape index (κ1) is 48.5. The number of hydrogen-bond donors (Lipinski definition) is 6. The number of aliphatic hydroxyl groups excluding tert-OH is 1. The fourth-order valence-electron chi connectivity index (χ4n) is 8.26. The van der Waals surface area contributed by atoms with Crippen molar-refractivity contribution in [3.05, 3.63) is 83.5 Å². The van der Waals surface area contributed by atoms with Crippen LogP contribution in [-0.4, -0.2) is 106 Å². The molecule has 0 aliphatic carbocycles. The number of halogens is 1. The molecule has 0 spiro atoms. The number of phenolic OH excluding ortho intramolecular Hbond substituents is 1. The van der Waals surface area contributed by atoms with Gasteiger partial charge in [0.15, 0.2) is 5.82 Å². The van der Waals surface area contributed by atoms with E-state index in [0.29, 0.717) is 41.2 Å². The van der Waals surface area contributed by atoms with Gasteiger partial charge in [-0.15, -0.1) is 11.3 Å². The minimum absolute atomic E-state index is 0.00457. The third-order valence-electron chi connectivity index (χ3n) is 11.8. The molecule has 21 heteroatoms. The highest BCUT2D eigenvalue weighted by atomic mass is 32.2. The highest BCUT2D eigenvalue weighted by Gasteiger charge is 2.45. The maximum Gasteiger partial charge on any atom is 0.326 e. The van der Waals surface area contributed by atoms with Crippen LogP contribution in [0.1, 0.15) is 77.1 Å². The lowest BCUT2D eigenvalue weighted by Crippen LogP contribution is -2.57. The van der Waals surface area contributed by atoms with Gasteiger partial charge in [-0.25, -0.2) is 18.4 Å². The number of phenols is 1. The molecule has 6 N–H and O–H groups in total. The van der Waals surface area contributed by atoms with Crippen molar-refractivity contribution in [2.24, 2.45) is 5.41 Å². The van der Waals surface area contributed by atoms with Crippen LogP contribution < -0.4 is 25.0 Å². The van der Waals surface area contributed by atoms with Crippen LogP contribution in [0.3, 0.4) is 0 Å². The largest absolute Gasteiger partial charge is 0.506 e. The minimum Gasteiger partial charge on any atom is -0.506 e. The van der Waals surface area contributed by atoms with Crippen LogP contribution in [0.2, 0.25) is 0 Å². The molecule has 2 fully saturated rings. The average Bonchev–Trinajstić information content (AvgIpc) is 4.07. The van der Waals surface area contributed by atoms with E-state index in [1.54, 1.807) is 39.9 Å². The summed E-state index contributed by atoms with van der Waals surface area (Å²) in [5.41, 5.74) is 4.34. The van der Waals surface area contributed by atoms with Crippen LogP contribution in [0, 0.1) is 18.2 Å². The second kappa shape index (κ2) is 19.8. The molecule has 2 aliphatic rings. The van der Waals surface area contributed by atoms with E-state index < -0.39 is 75.3 Å². The Morgan fingerprint density at radius 2 is 1.73 bits per heavy atom. The smallest absolute Gasteiger partial charge is 0.326 e. The van der Waals surface area contributed by atoms with Crippen molar-refractivity contribution in [1.82, 2.24) is 40.3 Å². The van der Waals surface area contributed by atoms with E-state index in [2.05, 4.69) is 26.0 Å². The topological polar surface area (TPSA) is 245 Å². The van der Waals surface area contributed by atoms with Crippen molar-refractivity contribution in [3.63, 3.8) is 0 Å². The quantitative estimate of drug-likeness (QED) is 0.0766. The van der Waals surface area contributed by atoms with Crippen LogP contribution in [0.25, 0.3) is 32.3 Å². The molecular formula is C46H54FN9O9S2. The molecule has 4 atom stereocenters. The number of nitrogens with zero attached hydrogens (tertiary/aromatic N) is 5. The predicted octanol–water partition coefficient (Wildman–Crippen LogP) is 4.21. The number of likely N-dealkylation sites (tertiary alicyclic amines) is 1. The number of anilines is 1. The summed E-state index contributed by atoms with van der Waals surface area (Å²) in [5.74, 6) is -4.03. The molecule has 0 saturated carbocycles. The van der Waals surface area contributed by atoms with Gasteiger partial charge in [-0.05, 0) is 66.3 Å². The first-order valence-corrected chi connectivity index (χ1v) is 24.2. The zero-order chi connectivity index (χ0) is 48.4. The van der Waals surface area contributed by atoms with Gasteiger partial charge in [0.2, 0.25) is 23.6 Å². The first-order chi connectivity index (χ1) is 31.7. The summed E-state index contributed by atoms with van der Waals surface area (Å²) in [4.78, 5) is 72.2. The van der Waals surface area contributed by atoms with E-state index in [4.69, 9.17) is 0 Å². The minimum atomic E-state index is -4.38. The fourth-order valence-corrected chi connectivity index (χ4v) is 10.2. The molecule has 2 aromatic heterocycles. The highest BCUT2D eigenvalue weighted by molar-refractivity contribution is 7.92. The van der Waals surface area contributed by atoms with Crippen molar-refractivity contribution in [2.75, 3.05) is 23.9 Å². The Hall–Kier alpha value is -6.45. The number of hydrogen-bond acceptors (Lipinski definition) is 12. The van der Waals surface area contributed by atoms with E-state index in [1.165, 1.54) is 27.9 Å². The number of unbranched alkanes of at least 4 members (excludes halogenated alkanes) is 2. The van der Waals surface area contributed by atoms with E-state index in [0.717, 1.165) is 21.7 Å². The number of benzene rings is 3. The molecule has 356 valence electrons. The lowest BCUT2D eigenvalue weighted by Gasteiger charge is -2.35. The Kier molecular flexibility index (Phi) is 14.3. The molecular weight excluding hydrogens is 906 g/mol. The van der Waals surface area contributed by atoms with Crippen molar-refractivity contribution in [2.45, 2.75) is 97.5 Å². The van der Waals surface area contributed by atoms with Gasteiger partial charge < -0.3 is 31.1 Å². The van der Waals surface area contributed by atoms with E-state index in [1.807, 2.05) is 58.9 Å². The number of aliphatic hydroxyl groups is 1. The van der Waals surface area contributed by atoms with Crippen molar-refractivity contribution >= 4 is 67.5 Å². The summed E-state index contributed by atoms with van der Waals surface area (Å²) >= 11 is 1.56. The molecule has 3 aromatic carbocycles. The molecule has 5 amide bonds. The number of aromatic nitrogens is 3. The monoisotopic (exact) mass is 959 g/mol.